The smallest absolute Gasteiger partial charge is 0.256 e. The number of aryl methyl sites for hydroxylation is 1. The third-order valence-electron chi connectivity index (χ3n) is 4.99. The Labute approximate surface area is 168 Å². The summed E-state index contributed by atoms with van der Waals surface area (Å²) >= 11 is 6.19. The van der Waals surface area contributed by atoms with Crippen LogP contribution in [0.25, 0.3) is 22.2 Å². The summed E-state index contributed by atoms with van der Waals surface area (Å²) in [6, 6.07) is 14.9. The minimum Gasteiger partial charge on any atom is -0.322 e. The minimum atomic E-state index is -0.202. The van der Waals surface area contributed by atoms with Crippen LogP contribution in [0.15, 0.2) is 54.7 Å². The fourth-order valence-electron chi connectivity index (χ4n) is 3.18. The number of pyridine rings is 1. The van der Waals surface area contributed by atoms with Gasteiger partial charge in [0.2, 0.25) is 0 Å². The molecular formula is C22H19ClN4O. The Morgan fingerprint density at radius 1 is 1.11 bits per heavy atom. The number of para-hydroxylation sites is 1. The molecule has 0 unspecified atom stereocenters. The number of aromatic nitrogens is 3. The van der Waals surface area contributed by atoms with Gasteiger partial charge in [-0.1, -0.05) is 35.9 Å². The Bertz CT molecular complexity index is 1210. The van der Waals surface area contributed by atoms with E-state index in [0.29, 0.717) is 16.3 Å². The molecule has 0 spiro atoms. The van der Waals surface area contributed by atoms with Crippen molar-refractivity contribution < 1.29 is 4.79 Å². The Morgan fingerprint density at radius 3 is 2.64 bits per heavy atom. The molecule has 4 rings (SSSR count). The largest absolute Gasteiger partial charge is 0.322 e. The Hall–Kier alpha value is -3.18. The van der Waals surface area contributed by atoms with Gasteiger partial charge in [0.25, 0.3) is 5.91 Å². The molecule has 2 heterocycles. The van der Waals surface area contributed by atoms with Crippen molar-refractivity contribution in [1.82, 2.24) is 14.8 Å². The van der Waals surface area contributed by atoms with E-state index >= 15 is 0 Å². The van der Waals surface area contributed by atoms with Crippen LogP contribution in [0.4, 0.5) is 5.69 Å². The molecule has 1 N–H and O–H groups in total. The molecule has 2 aromatic carbocycles. The van der Waals surface area contributed by atoms with Crippen molar-refractivity contribution in [2.24, 2.45) is 7.05 Å². The van der Waals surface area contributed by atoms with E-state index in [1.54, 1.807) is 16.9 Å². The van der Waals surface area contributed by atoms with E-state index in [1.807, 2.05) is 63.4 Å². The Morgan fingerprint density at radius 2 is 1.89 bits per heavy atom. The second kappa shape index (κ2) is 7.09. The van der Waals surface area contributed by atoms with E-state index < -0.39 is 0 Å². The summed E-state index contributed by atoms with van der Waals surface area (Å²) in [5.41, 5.74) is 5.45. The van der Waals surface area contributed by atoms with Gasteiger partial charge in [-0.25, -0.2) is 4.98 Å². The summed E-state index contributed by atoms with van der Waals surface area (Å²) in [4.78, 5) is 17.9. The highest BCUT2D eigenvalue weighted by atomic mass is 35.5. The predicted molar refractivity (Wildman–Crippen MR) is 113 cm³/mol. The van der Waals surface area contributed by atoms with Crippen molar-refractivity contribution in [2.75, 3.05) is 5.32 Å². The van der Waals surface area contributed by atoms with Gasteiger partial charge in [0, 0.05) is 34.4 Å². The van der Waals surface area contributed by atoms with Crippen LogP contribution in [0, 0.1) is 13.8 Å². The number of hydrogen-bond donors (Lipinski definition) is 1. The van der Waals surface area contributed by atoms with Gasteiger partial charge in [0.15, 0.2) is 0 Å². The lowest BCUT2D eigenvalue weighted by atomic mass is 10.0. The molecule has 0 aliphatic heterocycles. The number of benzene rings is 2. The number of carbonyl (C=O) groups is 1. The molecule has 0 bridgehead atoms. The summed E-state index contributed by atoms with van der Waals surface area (Å²) in [6.45, 7) is 3.86. The molecule has 0 saturated carbocycles. The Balaban J connectivity index is 1.84. The summed E-state index contributed by atoms with van der Waals surface area (Å²) in [5.74, 6) is -0.202. The summed E-state index contributed by atoms with van der Waals surface area (Å²) in [5, 5.41) is 8.69. The standard InChI is InChI=1S/C22H19ClN4O/c1-13-18(23)8-6-10-19(13)26-22(28)16-11-21(17-12-24-27(3)14(17)2)25-20-9-5-4-7-15(16)20/h4-12H,1-3H3,(H,26,28). The van der Waals surface area contributed by atoms with Gasteiger partial charge in [-0.05, 0) is 43.7 Å². The second-order valence-corrected chi connectivity index (χ2v) is 7.11. The number of carbonyl (C=O) groups excluding carboxylic acids is 1. The molecule has 0 aliphatic rings. The molecule has 140 valence electrons. The van der Waals surface area contributed by atoms with E-state index in [0.717, 1.165) is 33.4 Å². The fourth-order valence-corrected chi connectivity index (χ4v) is 3.36. The third-order valence-corrected chi connectivity index (χ3v) is 5.40. The van der Waals surface area contributed by atoms with Gasteiger partial charge in [0.05, 0.1) is 23.0 Å². The maximum Gasteiger partial charge on any atom is 0.256 e. The number of halogens is 1. The van der Waals surface area contributed by atoms with Gasteiger partial charge < -0.3 is 5.32 Å². The van der Waals surface area contributed by atoms with Crippen LogP contribution >= 0.6 is 11.6 Å². The van der Waals surface area contributed by atoms with Crippen LogP contribution in [-0.4, -0.2) is 20.7 Å². The topological polar surface area (TPSA) is 59.8 Å². The maximum absolute atomic E-state index is 13.2. The second-order valence-electron chi connectivity index (χ2n) is 6.71. The summed E-state index contributed by atoms with van der Waals surface area (Å²) in [6.07, 6.45) is 1.77. The molecule has 28 heavy (non-hydrogen) atoms. The molecule has 0 radical (unpaired) electrons. The van der Waals surface area contributed by atoms with Crippen LogP contribution in [-0.2, 0) is 7.05 Å². The number of rotatable bonds is 3. The van der Waals surface area contributed by atoms with Crippen molar-refractivity contribution in [2.45, 2.75) is 13.8 Å². The first-order valence-electron chi connectivity index (χ1n) is 8.91. The zero-order valence-corrected chi connectivity index (χ0v) is 16.6. The van der Waals surface area contributed by atoms with Gasteiger partial charge in [-0.2, -0.15) is 5.10 Å². The third kappa shape index (κ3) is 3.14. The van der Waals surface area contributed by atoms with Gasteiger partial charge in [-0.3, -0.25) is 9.48 Å². The van der Waals surface area contributed by atoms with Crippen LogP contribution in [0.2, 0.25) is 5.02 Å². The lowest BCUT2D eigenvalue weighted by Gasteiger charge is -2.12. The molecule has 0 aliphatic carbocycles. The van der Waals surface area contributed by atoms with Crippen LogP contribution in [0.1, 0.15) is 21.6 Å². The number of nitrogens with zero attached hydrogens (tertiary/aromatic N) is 3. The molecule has 2 aromatic heterocycles. The lowest BCUT2D eigenvalue weighted by molar-refractivity contribution is 0.102. The lowest BCUT2D eigenvalue weighted by Crippen LogP contribution is -2.14. The number of fused-ring (bicyclic) bond motifs is 1. The van der Waals surface area contributed by atoms with Crippen molar-refractivity contribution in [3.05, 3.63) is 76.6 Å². The highest BCUT2D eigenvalue weighted by molar-refractivity contribution is 6.31. The van der Waals surface area contributed by atoms with E-state index in [9.17, 15) is 4.79 Å². The fraction of sp³-hybridized carbons (Fsp3) is 0.136. The van der Waals surface area contributed by atoms with Crippen LogP contribution in [0.5, 0.6) is 0 Å². The molecule has 0 saturated heterocycles. The van der Waals surface area contributed by atoms with Crippen LogP contribution < -0.4 is 5.32 Å². The zero-order chi connectivity index (χ0) is 19.8. The quantitative estimate of drug-likeness (QED) is 0.525. The maximum atomic E-state index is 13.2. The molecule has 6 heteroatoms. The molecule has 5 nitrogen and oxygen atoms in total. The first kappa shape index (κ1) is 18.2. The zero-order valence-electron chi connectivity index (χ0n) is 15.8. The van der Waals surface area contributed by atoms with E-state index in [-0.39, 0.29) is 5.91 Å². The molecule has 1 amide bonds. The minimum absolute atomic E-state index is 0.202. The normalized spacial score (nSPS) is 11.0. The monoisotopic (exact) mass is 390 g/mol. The molecule has 4 aromatic rings. The number of nitrogens with one attached hydrogen (secondary N) is 1. The first-order chi connectivity index (χ1) is 13.5. The van der Waals surface area contributed by atoms with Crippen LogP contribution in [0.3, 0.4) is 0 Å². The number of anilines is 1. The summed E-state index contributed by atoms with van der Waals surface area (Å²) < 4.78 is 1.79. The molecule has 0 fully saturated rings. The average Bonchev–Trinajstić information content (AvgIpc) is 3.03. The summed E-state index contributed by atoms with van der Waals surface area (Å²) in [7, 11) is 1.88. The molecular weight excluding hydrogens is 372 g/mol. The van der Waals surface area contributed by atoms with E-state index in [4.69, 9.17) is 16.6 Å². The van der Waals surface area contributed by atoms with E-state index in [1.165, 1.54) is 0 Å². The SMILES string of the molecule is Cc1c(Cl)cccc1NC(=O)c1cc(-c2cnn(C)c2C)nc2ccccc12. The average molecular weight is 391 g/mol. The first-order valence-corrected chi connectivity index (χ1v) is 9.28. The molecule has 0 atom stereocenters. The van der Waals surface area contributed by atoms with Crippen molar-refractivity contribution in [3.63, 3.8) is 0 Å². The number of amides is 1. The van der Waals surface area contributed by atoms with Crippen molar-refractivity contribution in [3.8, 4) is 11.3 Å². The Kier molecular flexibility index (Phi) is 4.61. The highest BCUT2D eigenvalue weighted by Crippen LogP contribution is 2.28. The highest BCUT2D eigenvalue weighted by Gasteiger charge is 2.17. The number of hydrogen-bond acceptors (Lipinski definition) is 3. The van der Waals surface area contributed by atoms with E-state index in [2.05, 4.69) is 10.4 Å². The predicted octanol–water partition coefficient (Wildman–Crippen LogP) is 5.16. The van der Waals surface area contributed by atoms with Gasteiger partial charge in [0.1, 0.15) is 0 Å². The van der Waals surface area contributed by atoms with Crippen molar-refractivity contribution in [1.29, 1.82) is 0 Å². The van der Waals surface area contributed by atoms with Gasteiger partial charge in [-0.15, -0.1) is 0 Å². The van der Waals surface area contributed by atoms with Gasteiger partial charge >= 0.3 is 0 Å². The van der Waals surface area contributed by atoms with Crippen molar-refractivity contribution >= 4 is 34.1 Å².